The molecule has 0 amide bonds. The van der Waals surface area contributed by atoms with Crippen LogP contribution in [0, 0.1) is 5.92 Å². The fourth-order valence-electron chi connectivity index (χ4n) is 2.26. The first kappa shape index (κ1) is 13.3. The van der Waals surface area contributed by atoms with Crippen molar-refractivity contribution in [2.24, 2.45) is 5.92 Å². The van der Waals surface area contributed by atoms with Crippen molar-refractivity contribution in [3.8, 4) is 0 Å². The van der Waals surface area contributed by atoms with Gasteiger partial charge in [-0.3, -0.25) is 4.79 Å². The molecular weight excluding hydrogens is 248 g/mol. The maximum atomic E-state index is 10.8. The summed E-state index contributed by atoms with van der Waals surface area (Å²) in [5, 5.41) is 9.92. The topological polar surface area (TPSA) is 53.4 Å². The van der Waals surface area contributed by atoms with Crippen LogP contribution in [-0.2, 0) is 17.6 Å². The average molecular weight is 268 g/mol. The minimum Gasteiger partial charge on any atom is -0.481 e. The summed E-state index contributed by atoms with van der Waals surface area (Å²) >= 11 is 1.55. The van der Waals surface area contributed by atoms with Crippen LogP contribution in [0.2, 0.25) is 0 Å². The summed E-state index contributed by atoms with van der Waals surface area (Å²) in [6.07, 6.45) is 3.32. The lowest BCUT2D eigenvalue weighted by Crippen LogP contribution is -2.32. The molecule has 18 heavy (non-hydrogen) atoms. The highest BCUT2D eigenvalue weighted by molar-refractivity contribution is 7.15. The molecular formula is C13H20N2O2S. The van der Waals surface area contributed by atoms with Gasteiger partial charge in [-0.15, -0.1) is 11.3 Å². The minimum atomic E-state index is -0.771. The van der Waals surface area contributed by atoms with Crippen molar-refractivity contribution < 1.29 is 9.90 Å². The van der Waals surface area contributed by atoms with Gasteiger partial charge in [-0.05, 0) is 25.2 Å². The predicted molar refractivity (Wildman–Crippen MR) is 73.4 cm³/mol. The normalized spacial score (nSPS) is 17.1. The van der Waals surface area contributed by atoms with Crippen LogP contribution in [-0.4, -0.2) is 29.1 Å². The monoisotopic (exact) mass is 268 g/mol. The van der Waals surface area contributed by atoms with Crippen LogP contribution in [0.25, 0.3) is 0 Å². The van der Waals surface area contributed by atoms with Gasteiger partial charge in [0.1, 0.15) is 0 Å². The van der Waals surface area contributed by atoms with Gasteiger partial charge < -0.3 is 10.0 Å². The van der Waals surface area contributed by atoms with Crippen LogP contribution in [0.5, 0.6) is 0 Å². The summed E-state index contributed by atoms with van der Waals surface area (Å²) in [6.45, 7) is 6.41. The largest absolute Gasteiger partial charge is 0.481 e. The number of aromatic nitrogens is 1. The van der Waals surface area contributed by atoms with Crippen molar-refractivity contribution in [3.63, 3.8) is 0 Å². The SMILES string of the molecule is CCc1nc(N2CCC(C)CC2)sc1CC(=O)O. The van der Waals surface area contributed by atoms with Crippen LogP contribution in [0.15, 0.2) is 0 Å². The zero-order valence-corrected chi connectivity index (χ0v) is 11.8. The van der Waals surface area contributed by atoms with E-state index in [2.05, 4.69) is 16.8 Å². The highest BCUT2D eigenvalue weighted by Crippen LogP contribution is 2.30. The van der Waals surface area contributed by atoms with Crippen LogP contribution >= 0.6 is 11.3 Å². The number of thiazole rings is 1. The zero-order chi connectivity index (χ0) is 13.1. The first-order chi connectivity index (χ1) is 8.60. The van der Waals surface area contributed by atoms with E-state index in [0.29, 0.717) is 0 Å². The average Bonchev–Trinajstić information content (AvgIpc) is 2.72. The molecule has 1 aromatic rings. The number of carbonyl (C=O) groups is 1. The molecule has 1 N–H and O–H groups in total. The second kappa shape index (κ2) is 5.69. The van der Waals surface area contributed by atoms with Gasteiger partial charge in [-0.25, -0.2) is 4.98 Å². The third-order valence-corrected chi connectivity index (χ3v) is 4.63. The smallest absolute Gasteiger partial charge is 0.308 e. The number of rotatable bonds is 4. The molecule has 0 unspecified atom stereocenters. The fourth-order valence-corrected chi connectivity index (χ4v) is 3.45. The highest BCUT2D eigenvalue weighted by Gasteiger charge is 2.21. The number of hydrogen-bond acceptors (Lipinski definition) is 4. The molecule has 0 bridgehead atoms. The quantitative estimate of drug-likeness (QED) is 0.912. The molecule has 1 aliphatic rings. The van der Waals surface area contributed by atoms with Crippen LogP contribution in [0.3, 0.4) is 0 Å². The minimum absolute atomic E-state index is 0.102. The standard InChI is InChI=1S/C13H20N2O2S/c1-3-10-11(8-12(16)17)18-13(14-10)15-6-4-9(2)5-7-15/h9H,3-8H2,1-2H3,(H,16,17). The molecule has 0 spiro atoms. The molecule has 100 valence electrons. The molecule has 1 fully saturated rings. The van der Waals surface area contributed by atoms with Crippen molar-refractivity contribution in [2.45, 2.75) is 39.5 Å². The van der Waals surface area contributed by atoms with E-state index < -0.39 is 5.97 Å². The van der Waals surface area contributed by atoms with E-state index in [1.807, 2.05) is 6.92 Å². The van der Waals surface area contributed by atoms with E-state index >= 15 is 0 Å². The molecule has 1 saturated heterocycles. The first-order valence-electron chi connectivity index (χ1n) is 6.55. The Morgan fingerprint density at radius 2 is 2.17 bits per heavy atom. The lowest BCUT2D eigenvalue weighted by molar-refractivity contribution is -0.136. The van der Waals surface area contributed by atoms with Gasteiger partial charge in [-0.2, -0.15) is 0 Å². The van der Waals surface area contributed by atoms with Crippen molar-refractivity contribution >= 4 is 22.4 Å². The Balaban J connectivity index is 2.13. The van der Waals surface area contributed by atoms with Gasteiger partial charge in [-0.1, -0.05) is 13.8 Å². The molecule has 2 heterocycles. The third-order valence-electron chi connectivity index (χ3n) is 3.47. The van der Waals surface area contributed by atoms with Crippen LogP contribution in [0.1, 0.15) is 37.3 Å². The molecule has 1 aliphatic heterocycles. The molecule has 0 radical (unpaired) electrons. The Bertz CT molecular complexity index is 423. The Hall–Kier alpha value is -1.10. The van der Waals surface area contributed by atoms with E-state index in [1.165, 1.54) is 12.8 Å². The maximum Gasteiger partial charge on any atom is 0.308 e. The van der Waals surface area contributed by atoms with E-state index in [4.69, 9.17) is 5.11 Å². The number of carboxylic acids is 1. The number of hydrogen-bond donors (Lipinski definition) is 1. The number of aliphatic carboxylic acids is 1. The summed E-state index contributed by atoms with van der Waals surface area (Å²) in [6, 6.07) is 0. The predicted octanol–water partition coefficient (Wildman–Crippen LogP) is 2.57. The number of anilines is 1. The van der Waals surface area contributed by atoms with Gasteiger partial charge in [0.2, 0.25) is 0 Å². The summed E-state index contributed by atoms with van der Waals surface area (Å²) in [7, 11) is 0. The molecule has 0 aliphatic carbocycles. The maximum absolute atomic E-state index is 10.8. The summed E-state index contributed by atoms with van der Waals surface area (Å²) < 4.78 is 0. The van der Waals surface area contributed by atoms with Gasteiger partial charge in [0.15, 0.2) is 5.13 Å². The summed E-state index contributed by atoms with van der Waals surface area (Å²) in [4.78, 5) is 18.7. The van der Waals surface area contributed by atoms with E-state index in [0.717, 1.165) is 41.1 Å². The number of carboxylic acid groups (broad SMARTS) is 1. The van der Waals surface area contributed by atoms with Crippen LogP contribution < -0.4 is 4.90 Å². The lowest BCUT2D eigenvalue weighted by Gasteiger charge is -2.29. The summed E-state index contributed by atoms with van der Waals surface area (Å²) in [5.41, 5.74) is 0.955. The Labute approximate surface area is 112 Å². The number of piperidine rings is 1. The third kappa shape index (κ3) is 3.02. The van der Waals surface area contributed by atoms with Crippen molar-refractivity contribution in [1.29, 1.82) is 0 Å². The van der Waals surface area contributed by atoms with Crippen molar-refractivity contribution in [3.05, 3.63) is 10.6 Å². The van der Waals surface area contributed by atoms with Crippen molar-refractivity contribution in [1.82, 2.24) is 4.98 Å². The molecule has 1 aromatic heterocycles. The number of aryl methyl sites for hydroxylation is 1. The fraction of sp³-hybridized carbons (Fsp3) is 0.692. The lowest BCUT2D eigenvalue weighted by atomic mass is 10.00. The Morgan fingerprint density at radius 1 is 1.50 bits per heavy atom. The molecule has 0 aromatic carbocycles. The molecule has 0 saturated carbocycles. The Morgan fingerprint density at radius 3 is 2.72 bits per heavy atom. The van der Waals surface area contributed by atoms with Gasteiger partial charge in [0, 0.05) is 18.0 Å². The highest BCUT2D eigenvalue weighted by atomic mass is 32.1. The first-order valence-corrected chi connectivity index (χ1v) is 7.37. The number of nitrogens with zero attached hydrogens (tertiary/aromatic N) is 2. The van der Waals surface area contributed by atoms with E-state index in [-0.39, 0.29) is 6.42 Å². The summed E-state index contributed by atoms with van der Waals surface area (Å²) in [5.74, 6) is 0.0255. The van der Waals surface area contributed by atoms with E-state index in [9.17, 15) is 4.79 Å². The van der Waals surface area contributed by atoms with Crippen LogP contribution in [0.4, 0.5) is 5.13 Å². The second-order valence-electron chi connectivity index (χ2n) is 4.96. The van der Waals surface area contributed by atoms with E-state index in [1.54, 1.807) is 11.3 Å². The second-order valence-corrected chi connectivity index (χ2v) is 6.02. The van der Waals surface area contributed by atoms with Gasteiger partial charge in [0.05, 0.1) is 12.1 Å². The molecule has 4 nitrogen and oxygen atoms in total. The van der Waals surface area contributed by atoms with Gasteiger partial charge in [0.25, 0.3) is 0 Å². The Kier molecular flexibility index (Phi) is 4.22. The van der Waals surface area contributed by atoms with Crippen molar-refractivity contribution in [2.75, 3.05) is 18.0 Å². The molecule has 0 atom stereocenters. The molecule has 2 rings (SSSR count). The zero-order valence-electron chi connectivity index (χ0n) is 11.0. The van der Waals surface area contributed by atoms with Gasteiger partial charge >= 0.3 is 5.97 Å². The molecule has 5 heteroatoms.